The van der Waals surface area contributed by atoms with Crippen LogP contribution in [0.4, 0.5) is 0 Å². The van der Waals surface area contributed by atoms with Crippen LogP contribution in [-0.4, -0.2) is 50.1 Å². The molecule has 0 fully saturated rings. The topological polar surface area (TPSA) is 111 Å². The lowest BCUT2D eigenvalue weighted by atomic mass is 9.99. The summed E-state index contributed by atoms with van der Waals surface area (Å²) in [4.78, 5) is 47.3. The molecule has 0 bridgehead atoms. The van der Waals surface area contributed by atoms with E-state index in [4.69, 9.17) is 4.74 Å². The number of nitrogens with one attached hydrogen (secondary N) is 2. The third-order valence-electron chi connectivity index (χ3n) is 4.02. The molecule has 0 aliphatic heterocycles. The lowest BCUT2D eigenvalue weighted by Gasteiger charge is -2.21. The van der Waals surface area contributed by atoms with Crippen molar-refractivity contribution in [3.63, 3.8) is 0 Å². The Balaban J connectivity index is 2.43. The Morgan fingerprint density at radius 2 is 1.89 bits per heavy atom. The highest BCUT2D eigenvalue weighted by molar-refractivity contribution is 5.96. The predicted molar refractivity (Wildman–Crippen MR) is 97.9 cm³/mol. The summed E-state index contributed by atoms with van der Waals surface area (Å²) in [5, 5.41) is 4.92. The number of hydrogen-bond acceptors (Lipinski definition) is 6. The molecule has 8 heteroatoms. The van der Waals surface area contributed by atoms with E-state index in [9.17, 15) is 19.2 Å². The van der Waals surface area contributed by atoms with Gasteiger partial charge < -0.3 is 20.1 Å². The van der Waals surface area contributed by atoms with E-state index in [1.807, 2.05) is 19.9 Å². The van der Waals surface area contributed by atoms with Gasteiger partial charge in [0.05, 0.1) is 7.11 Å². The fourth-order valence-electron chi connectivity index (χ4n) is 2.25. The van der Waals surface area contributed by atoms with Crippen LogP contribution in [0.5, 0.6) is 0 Å². The second-order valence-electron chi connectivity index (χ2n) is 6.17. The van der Waals surface area contributed by atoms with Gasteiger partial charge in [-0.05, 0) is 25.0 Å². The molecule has 148 valence electrons. The minimum Gasteiger partial charge on any atom is -0.467 e. The highest BCUT2D eigenvalue weighted by Gasteiger charge is 2.26. The van der Waals surface area contributed by atoms with Crippen LogP contribution in [0, 0.1) is 12.8 Å². The van der Waals surface area contributed by atoms with Crippen LogP contribution >= 0.6 is 0 Å². The van der Waals surface area contributed by atoms with E-state index in [-0.39, 0.29) is 12.5 Å². The maximum Gasteiger partial charge on any atom is 0.328 e. The first kappa shape index (κ1) is 22.1. The van der Waals surface area contributed by atoms with Crippen molar-refractivity contribution in [2.45, 2.75) is 33.2 Å². The Morgan fingerprint density at radius 3 is 2.48 bits per heavy atom. The SMILES string of the molecule is CC[C@@H](C)[C@@H](NC(=O)COC(=O)CNC(=O)c1cccc(C)c1)C(=O)OC. The van der Waals surface area contributed by atoms with Gasteiger partial charge in [-0.3, -0.25) is 14.4 Å². The minimum atomic E-state index is -0.813. The number of ether oxygens (including phenoxy) is 2. The highest BCUT2D eigenvalue weighted by atomic mass is 16.5. The monoisotopic (exact) mass is 378 g/mol. The first-order valence-electron chi connectivity index (χ1n) is 8.66. The van der Waals surface area contributed by atoms with Gasteiger partial charge >= 0.3 is 11.9 Å². The molecular formula is C19H26N2O6. The Labute approximate surface area is 158 Å². The van der Waals surface area contributed by atoms with E-state index in [1.54, 1.807) is 25.1 Å². The number of carbonyl (C=O) groups is 4. The maximum absolute atomic E-state index is 12.0. The van der Waals surface area contributed by atoms with Crippen LogP contribution < -0.4 is 10.6 Å². The van der Waals surface area contributed by atoms with Crippen molar-refractivity contribution in [2.24, 2.45) is 5.92 Å². The molecule has 27 heavy (non-hydrogen) atoms. The van der Waals surface area contributed by atoms with Crippen molar-refractivity contribution in [1.29, 1.82) is 0 Å². The van der Waals surface area contributed by atoms with E-state index in [0.29, 0.717) is 12.0 Å². The van der Waals surface area contributed by atoms with Crippen molar-refractivity contribution in [1.82, 2.24) is 10.6 Å². The quantitative estimate of drug-likeness (QED) is 0.620. The largest absolute Gasteiger partial charge is 0.467 e. The van der Waals surface area contributed by atoms with Crippen molar-refractivity contribution in [2.75, 3.05) is 20.3 Å². The average molecular weight is 378 g/mol. The molecule has 0 spiro atoms. The minimum absolute atomic E-state index is 0.134. The fourth-order valence-corrected chi connectivity index (χ4v) is 2.25. The summed E-state index contributed by atoms with van der Waals surface area (Å²) in [7, 11) is 1.24. The van der Waals surface area contributed by atoms with Gasteiger partial charge in [-0.25, -0.2) is 4.79 Å². The third-order valence-corrected chi connectivity index (χ3v) is 4.02. The molecule has 8 nitrogen and oxygen atoms in total. The highest BCUT2D eigenvalue weighted by Crippen LogP contribution is 2.09. The number of amides is 2. The van der Waals surface area contributed by atoms with Crippen molar-refractivity contribution >= 4 is 23.8 Å². The maximum atomic E-state index is 12.0. The lowest BCUT2D eigenvalue weighted by Crippen LogP contribution is -2.47. The Kier molecular flexibility index (Phi) is 8.98. The molecule has 0 aromatic heterocycles. The standard InChI is InChI=1S/C19H26N2O6/c1-5-13(3)17(19(25)26-4)21-15(22)11-27-16(23)10-20-18(24)14-8-6-7-12(2)9-14/h6-9,13,17H,5,10-11H2,1-4H3,(H,20,24)(H,21,22)/t13-,17-/m1/s1. The zero-order chi connectivity index (χ0) is 20.4. The summed E-state index contributed by atoms with van der Waals surface area (Å²) in [5.41, 5.74) is 1.35. The Hall–Kier alpha value is -2.90. The molecular weight excluding hydrogens is 352 g/mol. The fraction of sp³-hybridized carbons (Fsp3) is 0.474. The van der Waals surface area contributed by atoms with Crippen LogP contribution in [-0.2, 0) is 23.9 Å². The second-order valence-corrected chi connectivity index (χ2v) is 6.17. The molecule has 2 N–H and O–H groups in total. The van der Waals surface area contributed by atoms with Gasteiger partial charge in [0, 0.05) is 5.56 Å². The summed E-state index contributed by atoms with van der Waals surface area (Å²) in [6.45, 7) is 4.61. The molecule has 0 aliphatic rings. The van der Waals surface area contributed by atoms with Crippen LogP contribution in [0.15, 0.2) is 24.3 Å². The van der Waals surface area contributed by atoms with Gasteiger partial charge in [0.25, 0.3) is 11.8 Å². The molecule has 1 rings (SSSR count). The zero-order valence-electron chi connectivity index (χ0n) is 16.0. The normalized spacial score (nSPS) is 12.4. The van der Waals surface area contributed by atoms with Crippen LogP contribution in [0.25, 0.3) is 0 Å². The Bertz CT molecular complexity index is 689. The van der Waals surface area contributed by atoms with Gasteiger partial charge in [0.1, 0.15) is 12.6 Å². The van der Waals surface area contributed by atoms with Crippen molar-refractivity contribution < 1.29 is 28.7 Å². The number of methoxy groups -OCH3 is 1. The number of esters is 2. The van der Waals surface area contributed by atoms with Crippen LogP contribution in [0.1, 0.15) is 36.2 Å². The van der Waals surface area contributed by atoms with Gasteiger partial charge in [0.2, 0.25) is 0 Å². The van der Waals surface area contributed by atoms with E-state index >= 15 is 0 Å². The molecule has 2 amide bonds. The second kappa shape index (κ2) is 10.9. The number of rotatable bonds is 9. The summed E-state index contributed by atoms with van der Waals surface area (Å²) < 4.78 is 9.49. The van der Waals surface area contributed by atoms with Gasteiger partial charge in [-0.2, -0.15) is 0 Å². The van der Waals surface area contributed by atoms with Gasteiger partial charge in [0.15, 0.2) is 6.61 Å². The molecule has 0 radical (unpaired) electrons. The van der Waals surface area contributed by atoms with Crippen LogP contribution in [0.3, 0.4) is 0 Å². The molecule has 0 aliphatic carbocycles. The Morgan fingerprint density at radius 1 is 1.19 bits per heavy atom. The predicted octanol–water partition coefficient (Wildman–Crippen LogP) is 0.972. The number of hydrogen-bond donors (Lipinski definition) is 2. The first-order chi connectivity index (χ1) is 12.8. The summed E-state index contributed by atoms with van der Waals surface area (Å²) in [6, 6.07) is 6.10. The van der Waals surface area contributed by atoms with Gasteiger partial charge in [-0.15, -0.1) is 0 Å². The van der Waals surface area contributed by atoms with Crippen molar-refractivity contribution in [3.8, 4) is 0 Å². The lowest BCUT2D eigenvalue weighted by molar-refractivity contribution is -0.150. The molecule has 1 aromatic rings. The van der Waals surface area contributed by atoms with E-state index in [1.165, 1.54) is 7.11 Å². The number of aryl methyl sites for hydroxylation is 1. The zero-order valence-corrected chi connectivity index (χ0v) is 16.0. The smallest absolute Gasteiger partial charge is 0.328 e. The first-order valence-corrected chi connectivity index (χ1v) is 8.66. The molecule has 2 atom stereocenters. The molecule has 1 aromatic carbocycles. The summed E-state index contributed by atoms with van der Waals surface area (Å²) in [6.07, 6.45) is 0.658. The molecule has 0 saturated heterocycles. The van der Waals surface area contributed by atoms with E-state index in [0.717, 1.165) is 5.56 Å². The number of benzene rings is 1. The van der Waals surface area contributed by atoms with E-state index < -0.39 is 36.4 Å². The van der Waals surface area contributed by atoms with Gasteiger partial charge in [-0.1, -0.05) is 38.0 Å². The molecule has 0 saturated carbocycles. The summed E-state index contributed by atoms with van der Waals surface area (Å²) >= 11 is 0. The molecule has 0 heterocycles. The summed E-state index contributed by atoms with van der Waals surface area (Å²) in [5.74, 6) is -2.49. The van der Waals surface area contributed by atoms with E-state index in [2.05, 4.69) is 15.4 Å². The molecule has 0 unspecified atom stereocenters. The number of carbonyl (C=O) groups excluding carboxylic acids is 4. The van der Waals surface area contributed by atoms with Crippen molar-refractivity contribution in [3.05, 3.63) is 35.4 Å². The third kappa shape index (κ3) is 7.47. The average Bonchev–Trinajstić information content (AvgIpc) is 2.67. The van der Waals surface area contributed by atoms with Crippen LogP contribution in [0.2, 0.25) is 0 Å².